The minimum atomic E-state index is -3.40. The summed E-state index contributed by atoms with van der Waals surface area (Å²) in [4.78, 5) is 17.2. The van der Waals surface area contributed by atoms with E-state index >= 15 is 0 Å². The van der Waals surface area contributed by atoms with Gasteiger partial charge in [0.05, 0.1) is 12.3 Å². The van der Waals surface area contributed by atoms with Crippen molar-refractivity contribution in [2.45, 2.75) is 40.3 Å². The summed E-state index contributed by atoms with van der Waals surface area (Å²) in [6, 6.07) is 15.2. The Balaban J connectivity index is 2.52. The monoisotopic (exact) mass is 431 g/mol. The molecule has 164 valence electrons. The molecule has 0 spiro atoms. The lowest BCUT2D eigenvalue weighted by Crippen LogP contribution is -2.40. The molecule has 0 heterocycles. The average molecular weight is 432 g/mol. The van der Waals surface area contributed by atoms with Gasteiger partial charge in [-0.1, -0.05) is 51.1 Å². The van der Waals surface area contributed by atoms with Gasteiger partial charge in [-0.3, -0.25) is 9.52 Å². The van der Waals surface area contributed by atoms with Crippen molar-refractivity contribution < 1.29 is 13.2 Å². The van der Waals surface area contributed by atoms with Gasteiger partial charge in [0.25, 0.3) is 0 Å². The largest absolute Gasteiger partial charge is 0.377 e. The molecule has 0 aromatic heterocycles. The van der Waals surface area contributed by atoms with Gasteiger partial charge in [0.2, 0.25) is 15.9 Å². The van der Waals surface area contributed by atoms with Crippen molar-refractivity contribution >= 4 is 27.3 Å². The predicted molar refractivity (Wildman–Crippen MR) is 124 cm³/mol. The zero-order valence-electron chi connectivity index (χ0n) is 18.9. The van der Waals surface area contributed by atoms with Crippen LogP contribution in [0.4, 0.5) is 11.4 Å². The number of carbonyl (C=O) groups is 1. The minimum absolute atomic E-state index is 0.0324. The highest BCUT2D eigenvalue weighted by Crippen LogP contribution is 2.32. The maximum Gasteiger partial charge on any atom is 0.229 e. The summed E-state index contributed by atoms with van der Waals surface area (Å²) in [7, 11) is 0.461. The fourth-order valence-electron chi connectivity index (χ4n) is 3.34. The van der Waals surface area contributed by atoms with Crippen LogP contribution >= 0.6 is 0 Å². The Labute approximate surface area is 180 Å². The first-order chi connectivity index (χ1) is 13.8. The van der Waals surface area contributed by atoms with E-state index in [2.05, 4.69) is 4.72 Å². The van der Waals surface area contributed by atoms with Gasteiger partial charge in [0, 0.05) is 37.4 Å². The molecule has 0 aliphatic rings. The second-order valence-corrected chi connectivity index (χ2v) is 10.6. The third kappa shape index (κ3) is 6.23. The van der Waals surface area contributed by atoms with E-state index in [0.717, 1.165) is 23.1 Å². The molecule has 0 saturated heterocycles. The van der Waals surface area contributed by atoms with Crippen LogP contribution in [0.2, 0.25) is 0 Å². The van der Waals surface area contributed by atoms with Crippen molar-refractivity contribution in [1.82, 2.24) is 4.90 Å². The second kappa shape index (κ2) is 9.08. The first-order valence-corrected chi connectivity index (χ1v) is 11.8. The van der Waals surface area contributed by atoms with Gasteiger partial charge in [-0.05, 0) is 36.2 Å². The van der Waals surface area contributed by atoms with E-state index in [9.17, 15) is 13.2 Å². The summed E-state index contributed by atoms with van der Waals surface area (Å²) >= 11 is 0. The van der Waals surface area contributed by atoms with Gasteiger partial charge in [-0.25, -0.2) is 8.42 Å². The molecule has 1 N–H and O–H groups in total. The Morgan fingerprint density at radius 3 is 2.17 bits per heavy atom. The molecule has 0 bridgehead atoms. The Morgan fingerprint density at radius 1 is 1.07 bits per heavy atom. The molecule has 6 nitrogen and oxygen atoms in total. The highest BCUT2D eigenvalue weighted by Gasteiger charge is 2.31. The fourth-order valence-corrected chi connectivity index (χ4v) is 3.89. The van der Waals surface area contributed by atoms with Crippen LogP contribution in [0, 0.1) is 5.41 Å². The van der Waals surface area contributed by atoms with Gasteiger partial charge in [0.1, 0.15) is 0 Å². The van der Waals surface area contributed by atoms with Gasteiger partial charge in [-0.2, -0.15) is 0 Å². The number of hydrogen-bond donors (Lipinski definition) is 1. The molecule has 0 saturated carbocycles. The Bertz CT molecular complexity index is 980. The van der Waals surface area contributed by atoms with Gasteiger partial charge in [-0.15, -0.1) is 0 Å². The zero-order valence-corrected chi connectivity index (χ0v) is 19.7. The summed E-state index contributed by atoms with van der Waals surface area (Å²) in [5.41, 5.74) is 2.78. The van der Waals surface area contributed by atoms with Crippen LogP contribution in [0.15, 0.2) is 48.5 Å². The number of nitrogens with one attached hydrogen (secondary N) is 1. The molecule has 0 unspecified atom stereocenters. The number of anilines is 2. The quantitative estimate of drug-likeness (QED) is 0.711. The maximum absolute atomic E-state index is 13.4. The van der Waals surface area contributed by atoms with E-state index < -0.39 is 15.4 Å². The summed E-state index contributed by atoms with van der Waals surface area (Å²) in [6.45, 7) is 8.11. The molecule has 2 rings (SSSR count). The molecule has 0 aliphatic heterocycles. The average Bonchev–Trinajstić information content (AvgIpc) is 2.63. The van der Waals surface area contributed by atoms with Crippen LogP contribution < -0.4 is 9.62 Å². The van der Waals surface area contributed by atoms with Crippen molar-refractivity contribution in [2.24, 2.45) is 5.41 Å². The van der Waals surface area contributed by atoms with Crippen molar-refractivity contribution in [2.75, 3.05) is 30.0 Å². The molecule has 30 heavy (non-hydrogen) atoms. The highest BCUT2D eigenvalue weighted by molar-refractivity contribution is 7.92. The Kier molecular flexibility index (Phi) is 7.18. The summed E-state index contributed by atoms with van der Waals surface area (Å²) in [6.07, 6.45) is 1.12. The summed E-state index contributed by atoms with van der Waals surface area (Å²) in [5.74, 6) is 0.0324. The van der Waals surface area contributed by atoms with Crippen LogP contribution in [0.5, 0.6) is 0 Å². The molecule has 2 aromatic rings. The molecular formula is C23H33N3O3S. The summed E-state index contributed by atoms with van der Waals surface area (Å²) in [5, 5.41) is 0. The van der Waals surface area contributed by atoms with Gasteiger partial charge >= 0.3 is 0 Å². The molecule has 2 aromatic carbocycles. The number of carbonyl (C=O) groups excluding carboxylic acids is 1. The van der Waals surface area contributed by atoms with Crippen LogP contribution in [-0.4, -0.2) is 39.6 Å². The van der Waals surface area contributed by atoms with E-state index in [4.69, 9.17) is 0 Å². The maximum atomic E-state index is 13.4. The molecule has 0 radical (unpaired) electrons. The summed E-state index contributed by atoms with van der Waals surface area (Å²) < 4.78 is 25.9. The first kappa shape index (κ1) is 23.7. The van der Waals surface area contributed by atoms with Gasteiger partial charge in [0.15, 0.2) is 0 Å². The van der Waals surface area contributed by atoms with E-state index in [0.29, 0.717) is 12.2 Å². The predicted octanol–water partition coefficient (Wildman–Crippen LogP) is 4.26. The first-order valence-electron chi connectivity index (χ1n) is 9.93. The lowest BCUT2D eigenvalue weighted by Gasteiger charge is -2.35. The molecular weight excluding hydrogens is 398 g/mol. The fraction of sp³-hybridized carbons (Fsp3) is 0.435. The smallest absolute Gasteiger partial charge is 0.229 e. The third-order valence-corrected chi connectivity index (χ3v) is 5.46. The van der Waals surface area contributed by atoms with Crippen molar-refractivity contribution in [1.29, 1.82) is 0 Å². The van der Waals surface area contributed by atoms with E-state index in [1.54, 1.807) is 12.1 Å². The minimum Gasteiger partial charge on any atom is -0.377 e. The normalized spacial score (nSPS) is 12.9. The van der Waals surface area contributed by atoms with E-state index in [-0.39, 0.29) is 11.9 Å². The van der Waals surface area contributed by atoms with Crippen molar-refractivity contribution in [3.63, 3.8) is 0 Å². The van der Waals surface area contributed by atoms with Crippen molar-refractivity contribution in [3.8, 4) is 0 Å². The Hall–Kier alpha value is -2.54. The van der Waals surface area contributed by atoms with Crippen LogP contribution in [0.3, 0.4) is 0 Å². The number of sulfonamides is 1. The van der Waals surface area contributed by atoms with Crippen molar-refractivity contribution in [3.05, 3.63) is 59.7 Å². The number of hydrogen-bond acceptors (Lipinski definition) is 4. The molecule has 7 heteroatoms. The number of benzene rings is 2. The zero-order chi connectivity index (χ0) is 22.7. The van der Waals surface area contributed by atoms with E-state index in [1.807, 2.05) is 88.0 Å². The topological polar surface area (TPSA) is 69.7 Å². The van der Waals surface area contributed by atoms with E-state index in [1.165, 1.54) is 0 Å². The van der Waals surface area contributed by atoms with Crippen LogP contribution in [-0.2, 0) is 21.4 Å². The van der Waals surface area contributed by atoms with Crippen LogP contribution in [0.25, 0.3) is 0 Å². The Morgan fingerprint density at radius 2 is 1.67 bits per heavy atom. The van der Waals surface area contributed by atoms with Crippen LogP contribution in [0.1, 0.15) is 44.9 Å². The lowest BCUT2D eigenvalue weighted by atomic mass is 9.92. The number of amides is 1. The SMILES string of the molecule is C[C@@H](c1ccccc1)N(Cc1cc(NS(C)(=O)=O)ccc1N(C)C)C(=O)C(C)(C)C. The number of nitrogens with zero attached hydrogens (tertiary/aromatic N) is 2. The standard InChI is InChI=1S/C23H33N3O3S/c1-17(18-11-9-8-10-12-18)26(22(27)23(2,3)4)16-19-15-20(24-30(7,28)29)13-14-21(19)25(5)6/h8-15,17,24H,16H2,1-7H3/t17-/m0/s1. The third-order valence-electron chi connectivity index (χ3n) is 4.86. The number of rotatable bonds is 7. The molecule has 0 fully saturated rings. The lowest BCUT2D eigenvalue weighted by molar-refractivity contribution is -0.142. The molecule has 1 atom stereocenters. The second-order valence-electron chi connectivity index (χ2n) is 8.88. The highest BCUT2D eigenvalue weighted by atomic mass is 32.2. The molecule has 0 aliphatic carbocycles. The van der Waals surface area contributed by atoms with Gasteiger partial charge < -0.3 is 9.80 Å². The molecule has 1 amide bonds.